The molecular formula is C33H30N8O5S. The highest BCUT2D eigenvalue weighted by atomic mass is 32.1. The first-order chi connectivity index (χ1) is 22.7. The molecule has 0 saturated carbocycles. The Balaban J connectivity index is 0.957. The number of rotatable bonds is 9. The van der Waals surface area contributed by atoms with Gasteiger partial charge in [0, 0.05) is 55.1 Å². The van der Waals surface area contributed by atoms with Crippen molar-refractivity contribution in [1.29, 1.82) is 0 Å². The molecule has 1 atom stereocenters. The fourth-order valence-electron chi connectivity index (χ4n) is 5.70. The Morgan fingerprint density at radius 2 is 1.94 bits per heavy atom. The van der Waals surface area contributed by atoms with E-state index < -0.39 is 11.9 Å². The third-order valence-corrected chi connectivity index (χ3v) is 9.19. The van der Waals surface area contributed by atoms with Gasteiger partial charge in [-0.3, -0.25) is 24.5 Å². The third-order valence-electron chi connectivity index (χ3n) is 8.13. The molecule has 2 aromatic heterocycles. The average Bonchev–Trinajstić information content (AvgIpc) is 3.77. The number of aromatic nitrogens is 4. The van der Waals surface area contributed by atoms with E-state index in [4.69, 9.17) is 9.72 Å². The zero-order chi connectivity index (χ0) is 32.7. The highest BCUT2D eigenvalue weighted by molar-refractivity contribution is 7.21. The van der Waals surface area contributed by atoms with Crippen molar-refractivity contribution >= 4 is 56.6 Å². The van der Waals surface area contributed by atoms with E-state index in [1.54, 1.807) is 35.7 Å². The van der Waals surface area contributed by atoms with Crippen LogP contribution in [0.2, 0.25) is 0 Å². The number of nitrogens with zero attached hydrogens (tertiary/aromatic N) is 6. The number of hydrogen-bond acceptors (Lipinski definition) is 10. The molecule has 13 nitrogen and oxygen atoms in total. The largest absolute Gasteiger partial charge is 0.487 e. The lowest BCUT2D eigenvalue weighted by Crippen LogP contribution is -2.52. The van der Waals surface area contributed by atoms with Crippen LogP contribution in [-0.4, -0.2) is 68.6 Å². The summed E-state index contributed by atoms with van der Waals surface area (Å²) in [5, 5.41) is 14.3. The van der Waals surface area contributed by atoms with Crippen LogP contribution in [0.25, 0.3) is 20.8 Å². The first kappa shape index (κ1) is 30.0. The van der Waals surface area contributed by atoms with Crippen LogP contribution < -0.4 is 20.3 Å². The van der Waals surface area contributed by atoms with Gasteiger partial charge in [0.2, 0.25) is 17.7 Å². The van der Waals surface area contributed by atoms with Gasteiger partial charge in [-0.15, -0.1) is 16.4 Å². The van der Waals surface area contributed by atoms with Crippen LogP contribution in [0.15, 0.2) is 66.9 Å². The predicted molar refractivity (Wildman–Crippen MR) is 175 cm³/mol. The smallest absolute Gasteiger partial charge is 0.255 e. The maximum absolute atomic E-state index is 13.1. The minimum Gasteiger partial charge on any atom is -0.487 e. The molecule has 0 spiro atoms. The minimum absolute atomic E-state index is 0.105. The second-order valence-electron chi connectivity index (χ2n) is 11.6. The Morgan fingerprint density at radius 3 is 2.72 bits per heavy atom. The zero-order valence-corrected chi connectivity index (χ0v) is 26.4. The summed E-state index contributed by atoms with van der Waals surface area (Å²) in [6.45, 7) is 0.210. The van der Waals surface area contributed by atoms with E-state index in [9.17, 15) is 19.2 Å². The molecule has 2 aliphatic rings. The van der Waals surface area contributed by atoms with Crippen molar-refractivity contribution in [3.63, 3.8) is 0 Å². The van der Waals surface area contributed by atoms with Crippen LogP contribution in [0.5, 0.6) is 5.75 Å². The lowest BCUT2D eigenvalue weighted by Gasteiger charge is -2.29. The Kier molecular flexibility index (Phi) is 7.85. The van der Waals surface area contributed by atoms with Gasteiger partial charge in [-0.2, -0.15) is 0 Å². The number of imide groups is 1. The predicted octanol–water partition coefficient (Wildman–Crippen LogP) is 3.60. The molecule has 5 aromatic rings. The summed E-state index contributed by atoms with van der Waals surface area (Å²) in [6.07, 6.45) is 2.07. The van der Waals surface area contributed by atoms with Crippen LogP contribution >= 0.6 is 11.3 Å². The molecule has 47 heavy (non-hydrogen) atoms. The molecule has 238 valence electrons. The van der Waals surface area contributed by atoms with E-state index in [0.29, 0.717) is 28.3 Å². The molecule has 0 aliphatic carbocycles. The Labute approximate surface area is 273 Å². The number of carbonyl (C=O) groups excluding carboxylic acids is 4. The molecule has 3 aromatic carbocycles. The van der Waals surface area contributed by atoms with Crippen molar-refractivity contribution < 1.29 is 23.9 Å². The molecule has 1 saturated heterocycles. The monoisotopic (exact) mass is 650 g/mol. The number of thiazole rings is 1. The molecular weight excluding hydrogens is 620 g/mol. The quantitative estimate of drug-likeness (QED) is 0.228. The molecule has 1 unspecified atom stereocenters. The van der Waals surface area contributed by atoms with Gasteiger partial charge in [-0.1, -0.05) is 11.3 Å². The first-order valence-corrected chi connectivity index (χ1v) is 15.8. The normalized spacial score (nSPS) is 15.9. The summed E-state index contributed by atoms with van der Waals surface area (Å²) >= 11 is 1.59. The number of benzene rings is 3. The second kappa shape index (κ2) is 12.3. The fraction of sp³-hybridized carbons (Fsp3) is 0.242. The summed E-state index contributed by atoms with van der Waals surface area (Å²) in [7, 11) is 4.02. The number of piperidine rings is 1. The van der Waals surface area contributed by atoms with Crippen LogP contribution in [0, 0.1) is 0 Å². The zero-order valence-electron chi connectivity index (χ0n) is 25.6. The summed E-state index contributed by atoms with van der Waals surface area (Å²) < 4.78 is 8.40. The van der Waals surface area contributed by atoms with Crippen LogP contribution in [-0.2, 0) is 34.1 Å². The molecule has 0 radical (unpaired) electrons. The van der Waals surface area contributed by atoms with Crippen LogP contribution in [0.4, 0.5) is 11.4 Å². The third kappa shape index (κ3) is 6.14. The number of carbonyl (C=O) groups is 4. The Morgan fingerprint density at radius 1 is 1.11 bits per heavy atom. The van der Waals surface area contributed by atoms with Crippen molar-refractivity contribution in [3.05, 3.63) is 83.7 Å². The second-order valence-corrected chi connectivity index (χ2v) is 12.6. The Hall–Kier alpha value is -5.63. The van der Waals surface area contributed by atoms with E-state index >= 15 is 0 Å². The van der Waals surface area contributed by atoms with Gasteiger partial charge in [0.25, 0.3) is 5.91 Å². The fourth-order valence-corrected chi connectivity index (χ4v) is 6.70. The van der Waals surface area contributed by atoms with Gasteiger partial charge in [0.15, 0.2) is 0 Å². The van der Waals surface area contributed by atoms with Crippen LogP contribution in [0.3, 0.4) is 0 Å². The number of fused-ring (bicyclic) bond motifs is 2. The van der Waals surface area contributed by atoms with Crippen molar-refractivity contribution in [2.24, 2.45) is 0 Å². The number of amides is 4. The van der Waals surface area contributed by atoms with E-state index in [-0.39, 0.29) is 50.3 Å². The number of nitrogens with one attached hydrogen (secondary N) is 2. The van der Waals surface area contributed by atoms with Gasteiger partial charge >= 0.3 is 0 Å². The average molecular weight is 651 g/mol. The molecule has 14 heteroatoms. The van der Waals surface area contributed by atoms with E-state index in [1.807, 2.05) is 32.3 Å². The first-order valence-electron chi connectivity index (χ1n) is 15.0. The molecule has 0 bridgehead atoms. The topological polar surface area (TPSA) is 152 Å². The maximum Gasteiger partial charge on any atom is 0.255 e. The SMILES string of the molecule is CN(C)c1ccc(-c2nc3ccc(OCc4cn(CC(=O)Nc5cccc6c5CN(C5CCC(=O)NC5=O)C6=O)nn4)cc3s2)cc1. The molecule has 4 heterocycles. The van der Waals surface area contributed by atoms with Gasteiger partial charge in [-0.25, -0.2) is 9.67 Å². The van der Waals surface area contributed by atoms with Gasteiger partial charge < -0.3 is 19.9 Å². The molecule has 7 rings (SSSR count). The highest BCUT2D eigenvalue weighted by Gasteiger charge is 2.40. The van der Waals surface area contributed by atoms with E-state index in [1.165, 1.54) is 9.58 Å². The number of ether oxygens (including phenoxy) is 1. The van der Waals surface area contributed by atoms with Gasteiger partial charge in [0.1, 0.15) is 35.6 Å². The summed E-state index contributed by atoms with van der Waals surface area (Å²) in [5.74, 6) is -0.831. The lowest BCUT2D eigenvalue weighted by molar-refractivity contribution is -0.137. The lowest BCUT2D eigenvalue weighted by atomic mass is 10.0. The highest BCUT2D eigenvalue weighted by Crippen LogP contribution is 2.34. The standard InChI is InChI=1S/C33H30N8O5S/c1-39(2)21-8-6-19(7-9-21)32-35-26-11-10-22(14-28(26)47-32)46-18-20-15-40(38-37-20)17-30(43)34-25-5-3-4-23-24(25)16-41(33(23)45)27-12-13-29(42)36-31(27)44/h3-11,14-15,27H,12-13,16-18H2,1-2H3,(H,34,43)(H,36,42,44). The number of anilines is 2. The molecule has 2 N–H and O–H groups in total. The van der Waals surface area contributed by atoms with Crippen molar-refractivity contribution in [2.75, 3.05) is 24.3 Å². The molecule has 1 fully saturated rings. The molecule has 4 amide bonds. The molecule has 2 aliphatic heterocycles. The van der Waals surface area contributed by atoms with Crippen molar-refractivity contribution in [1.82, 2.24) is 30.2 Å². The maximum atomic E-state index is 13.1. The summed E-state index contributed by atoms with van der Waals surface area (Å²) in [6, 6.07) is 18.3. The van der Waals surface area contributed by atoms with Crippen molar-refractivity contribution in [3.8, 4) is 16.3 Å². The van der Waals surface area contributed by atoms with E-state index in [2.05, 4.69) is 50.1 Å². The summed E-state index contributed by atoms with van der Waals surface area (Å²) in [5.41, 5.74) is 5.14. The Bertz CT molecular complexity index is 2040. The van der Waals surface area contributed by atoms with Crippen LogP contribution in [0.1, 0.15) is 34.5 Å². The minimum atomic E-state index is -0.737. The van der Waals surface area contributed by atoms with Crippen molar-refractivity contribution in [2.45, 2.75) is 38.6 Å². The van der Waals surface area contributed by atoms with Gasteiger partial charge in [0.05, 0.1) is 16.4 Å². The summed E-state index contributed by atoms with van der Waals surface area (Å²) in [4.78, 5) is 58.3. The number of hydrogen-bond donors (Lipinski definition) is 2. The van der Waals surface area contributed by atoms with Gasteiger partial charge in [-0.05, 0) is 61.0 Å². The van der Waals surface area contributed by atoms with E-state index in [0.717, 1.165) is 26.5 Å².